The third kappa shape index (κ3) is 11.1. The Labute approximate surface area is 196 Å². The Bertz CT molecular complexity index is 809. The highest BCUT2D eigenvalue weighted by molar-refractivity contribution is 5.72. The van der Waals surface area contributed by atoms with Gasteiger partial charge in [-0.15, -0.1) is 0 Å². The number of aryl methyl sites for hydroxylation is 1. The predicted molar refractivity (Wildman–Crippen MR) is 129 cm³/mol. The zero-order valence-corrected chi connectivity index (χ0v) is 20.6. The minimum Gasteiger partial charge on any atom is -0.493 e. The summed E-state index contributed by atoms with van der Waals surface area (Å²) in [5.74, 6) is 0.790. The molecule has 0 saturated carbocycles. The maximum Gasteiger partial charge on any atom is 0.216 e. The number of carbonyl (C=O) groups is 1. The number of ether oxygens (including phenoxy) is 2. The first kappa shape index (κ1) is 28.4. The van der Waals surface area contributed by atoms with Gasteiger partial charge in [0, 0.05) is 37.6 Å². The average molecular weight is 465 g/mol. The van der Waals surface area contributed by atoms with Crippen LogP contribution in [0.2, 0.25) is 0 Å². The molecule has 1 heterocycles. The molecule has 7 heteroatoms. The van der Waals surface area contributed by atoms with E-state index in [-0.39, 0.29) is 18.1 Å². The molecule has 1 aliphatic heterocycles. The van der Waals surface area contributed by atoms with Gasteiger partial charge < -0.3 is 20.1 Å². The Morgan fingerprint density at radius 1 is 1.12 bits per heavy atom. The van der Waals surface area contributed by atoms with E-state index in [1.807, 2.05) is 39.8 Å². The molecule has 0 bridgehead atoms. The van der Waals surface area contributed by atoms with Crippen LogP contribution in [0.4, 0.5) is 8.78 Å². The van der Waals surface area contributed by atoms with Crippen LogP contribution in [0.3, 0.4) is 0 Å². The van der Waals surface area contributed by atoms with Crippen LogP contribution >= 0.6 is 0 Å². The van der Waals surface area contributed by atoms with Gasteiger partial charge in [-0.25, -0.2) is 8.78 Å². The van der Waals surface area contributed by atoms with Gasteiger partial charge in [0.1, 0.15) is 23.1 Å². The van der Waals surface area contributed by atoms with Crippen LogP contribution in [0.15, 0.2) is 36.4 Å². The first-order chi connectivity index (χ1) is 15.7. The van der Waals surface area contributed by atoms with Gasteiger partial charge in [0.25, 0.3) is 0 Å². The molecule has 0 radical (unpaired) electrons. The number of hydrogen-bond donors (Lipinski definition) is 2. The summed E-state index contributed by atoms with van der Waals surface area (Å²) in [4.78, 5) is 10.8. The number of carbonyl (C=O) groups excluding carboxylic acids is 1. The van der Waals surface area contributed by atoms with Crippen LogP contribution in [-0.2, 0) is 4.79 Å². The number of nitrogens with one attached hydrogen (secondary N) is 2. The highest BCUT2D eigenvalue weighted by Crippen LogP contribution is 2.35. The van der Waals surface area contributed by atoms with E-state index in [0.29, 0.717) is 12.1 Å². The van der Waals surface area contributed by atoms with Crippen LogP contribution in [-0.4, -0.2) is 31.7 Å². The Hall–Kier alpha value is -2.67. The Morgan fingerprint density at radius 2 is 1.79 bits per heavy atom. The summed E-state index contributed by atoms with van der Waals surface area (Å²) in [6.45, 7) is 13.5. The standard InChI is InChI=1S/C17H26N2O3.C7H6F2.C2H6/c1-12(2)22-14-5-6-17-15(11-14)16(7-10-21-17)19-9-4-8-18-13(3)20;1-5-2-6(8)4-7(9)3-5;1-2/h5-6,11-12,16,19H,4,7-10H2,1-3H3,(H,18,20);2-4H,1H3;1-2H3. The summed E-state index contributed by atoms with van der Waals surface area (Å²) in [6.07, 6.45) is 2.01. The van der Waals surface area contributed by atoms with Crippen molar-refractivity contribution in [3.63, 3.8) is 0 Å². The normalized spacial score (nSPS) is 14.0. The molecular formula is C26H38F2N2O3. The third-order valence-electron chi connectivity index (χ3n) is 4.52. The molecule has 0 saturated heterocycles. The van der Waals surface area contributed by atoms with E-state index in [1.165, 1.54) is 12.1 Å². The molecule has 184 valence electrons. The lowest BCUT2D eigenvalue weighted by molar-refractivity contribution is -0.118. The van der Waals surface area contributed by atoms with E-state index >= 15 is 0 Å². The lowest BCUT2D eigenvalue weighted by Gasteiger charge is -2.27. The fourth-order valence-electron chi connectivity index (χ4n) is 3.25. The van der Waals surface area contributed by atoms with E-state index in [9.17, 15) is 13.6 Å². The van der Waals surface area contributed by atoms with Crippen molar-refractivity contribution < 1.29 is 23.0 Å². The first-order valence-corrected chi connectivity index (χ1v) is 11.6. The molecule has 33 heavy (non-hydrogen) atoms. The zero-order valence-electron chi connectivity index (χ0n) is 20.6. The maximum absolute atomic E-state index is 12.2. The smallest absolute Gasteiger partial charge is 0.216 e. The average Bonchev–Trinajstić information content (AvgIpc) is 2.74. The van der Waals surface area contributed by atoms with Gasteiger partial charge in [-0.05, 0) is 69.6 Å². The summed E-state index contributed by atoms with van der Waals surface area (Å²) in [6, 6.07) is 9.70. The summed E-state index contributed by atoms with van der Waals surface area (Å²) in [5, 5.41) is 6.35. The van der Waals surface area contributed by atoms with Crippen LogP contribution in [0, 0.1) is 18.6 Å². The second-order valence-corrected chi connectivity index (χ2v) is 7.79. The van der Waals surface area contributed by atoms with Gasteiger partial charge in [0.2, 0.25) is 5.91 Å². The van der Waals surface area contributed by atoms with Gasteiger partial charge in [0.05, 0.1) is 12.7 Å². The van der Waals surface area contributed by atoms with Crippen molar-refractivity contribution in [2.24, 2.45) is 0 Å². The molecule has 0 aromatic heterocycles. The molecule has 2 N–H and O–H groups in total. The molecular weight excluding hydrogens is 426 g/mol. The van der Waals surface area contributed by atoms with E-state index in [2.05, 4.69) is 16.7 Å². The Balaban J connectivity index is 0.000000412. The van der Waals surface area contributed by atoms with Gasteiger partial charge >= 0.3 is 0 Å². The second kappa shape index (κ2) is 15.2. The molecule has 0 fully saturated rings. The molecule has 1 atom stereocenters. The number of fused-ring (bicyclic) bond motifs is 1. The van der Waals surface area contributed by atoms with Crippen molar-refractivity contribution in [3.8, 4) is 11.5 Å². The predicted octanol–water partition coefficient (Wildman–Crippen LogP) is 5.71. The van der Waals surface area contributed by atoms with Crippen molar-refractivity contribution in [1.82, 2.24) is 10.6 Å². The fourth-order valence-corrected chi connectivity index (χ4v) is 3.25. The molecule has 2 aromatic rings. The van der Waals surface area contributed by atoms with Crippen molar-refractivity contribution in [2.75, 3.05) is 19.7 Å². The van der Waals surface area contributed by atoms with Crippen molar-refractivity contribution in [1.29, 1.82) is 0 Å². The summed E-state index contributed by atoms with van der Waals surface area (Å²) in [5.41, 5.74) is 1.76. The summed E-state index contributed by atoms with van der Waals surface area (Å²) < 4.78 is 35.9. The highest BCUT2D eigenvalue weighted by Gasteiger charge is 2.21. The van der Waals surface area contributed by atoms with Gasteiger partial charge in [-0.3, -0.25) is 4.79 Å². The summed E-state index contributed by atoms with van der Waals surface area (Å²) in [7, 11) is 0. The van der Waals surface area contributed by atoms with E-state index in [1.54, 1.807) is 13.8 Å². The minimum atomic E-state index is -0.521. The van der Waals surface area contributed by atoms with Crippen molar-refractivity contribution in [3.05, 3.63) is 59.2 Å². The van der Waals surface area contributed by atoms with Gasteiger partial charge in [-0.1, -0.05) is 13.8 Å². The van der Waals surface area contributed by atoms with E-state index in [4.69, 9.17) is 9.47 Å². The monoisotopic (exact) mass is 464 g/mol. The van der Waals surface area contributed by atoms with Crippen LogP contribution in [0.25, 0.3) is 0 Å². The molecule has 0 spiro atoms. The Kier molecular flexibility index (Phi) is 13.1. The zero-order chi connectivity index (χ0) is 24.8. The molecule has 5 nitrogen and oxygen atoms in total. The second-order valence-electron chi connectivity index (χ2n) is 7.79. The Morgan fingerprint density at radius 3 is 2.36 bits per heavy atom. The van der Waals surface area contributed by atoms with Crippen molar-refractivity contribution in [2.45, 2.75) is 66.5 Å². The fraction of sp³-hybridized carbons (Fsp3) is 0.500. The number of amides is 1. The molecule has 2 aromatic carbocycles. The molecule has 3 rings (SSSR count). The van der Waals surface area contributed by atoms with Crippen LogP contribution in [0.5, 0.6) is 11.5 Å². The highest BCUT2D eigenvalue weighted by atomic mass is 19.1. The van der Waals surface area contributed by atoms with Gasteiger partial charge in [-0.2, -0.15) is 0 Å². The lowest BCUT2D eigenvalue weighted by Crippen LogP contribution is -2.30. The van der Waals surface area contributed by atoms with Gasteiger partial charge in [0.15, 0.2) is 0 Å². The first-order valence-electron chi connectivity index (χ1n) is 11.6. The number of halogens is 2. The number of rotatable bonds is 7. The minimum absolute atomic E-state index is 0.0203. The molecule has 1 aliphatic rings. The lowest BCUT2D eigenvalue weighted by atomic mass is 10.00. The largest absolute Gasteiger partial charge is 0.493 e. The number of hydrogen-bond acceptors (Lipinski definition) is 4. The quantitative estimate of drug-likeness (QED) is 0.515. The molecule has 1 unspecified atom stereocenters. The SMILES string of the molecule is CC.CC(=O)NCCCNC1CCOc2ccc(OC(C)C)cc21.Cc1cc(F)cc(F)c1. The topological polar surface area (TPSA) is 59.6 Å². The molecule has 1 amide bonds. The molecule has 0 aliphatic carbocycles. The van der Waals surface area contributed by atoms with Crippen LogP contribution in [0.1, 0.15) is 64.6 Å². The number of benzene rings is 2. The summed E-state index contributed by atoms with van der Waals surface area (Å²) >= 11 is 0. The van der Waals surface area contributed by atoms with Crippen LogP contribution < -0.4 is 20.1 Å². The third-order valence-corrected chi connectivity index (χ3v) is 4.52. The van der Waals surface area contributed by atoms with E-state index in [0.717, 1.165) is 49.1 Å². The van der Waals surface area contributed by atoms with Crippen molar-refractivity contribution >= 4 is 5.91 Å². The maximum atomic E-state index is 12.2. The van der Waals surface area contributed by atoms with E-state index < -0.39 is 11.6 Å².